The first-order valence-corrected chi connectivity index (χ1v) is 9.21. The van der Waals surface area contributed by atoms with Gasteiger partial charge in [0, 0.05) is 37.8 Å². The van der Waals surface area contributed by atoms with Gasteiger partial charge in [0.2, 0.25) is 0 Å². The van der Waals surface area contributed by atoms with Crippen molar-refractivity contribution < 1.29 is 9.53 Å². The molecule has 3 nitrogen and oxygen atoms in total. The summed E-state index contributed by atoms with van der Waals surface area (Å²) < 4.78 is 6.52. The number of ketones is 1. The number of hydrogen-bond acceptors (Lipinski definition) is 3. The minimum Gasteiger partial charge on any atom is -0.477 e. The molecule has 4 rings (SSSR count). The Bertz CT molecular complexity index is 676. The highest BCUT2D eigenvalue weighted by molar-refractivity contribution is 5.97. The molecule has 1 heterocycles. The molecule has 1 aromatic carbocycles. The Kier molecular flexibility index (Phi) is 3.80. The topological polar surface area (TPSA) is 38.3 Å². The summed E-state index contributed by atoms with van der Waals surface area (Å²) in [6, 6.07) is 10.5. The predicted molar refractivity (Wildman–Crippen MR) is 94.1 cm³/mol. The lowest BCUT2D eigenvalue weighted by molar-refractivity contribution is -0.128. The molecule has 24 heavy (non-hydrogen) atoms. The van der Waals surface area contributed by atoms with E-state index in [1.807, 2.05) is 6.07 Å². The number of carbonyl (C=O) groups excluding carboxylic acids is 1. The Morgan fingerprint density at radius 1 is 1.21 bits per heavy atom. The van der Waals surface area contributed by atoms with Gasteiger partial charge >= 0.3 is 0 Å². The number of hydrogen-bond donors (Lipinski definition) is 1. The summed E-state index contributed by atoms with van der Waals surface area (Å²) in [6.07, 6.45) is 5.77. The molecule has 0 spiro atoms. The molecule has 0 unspecified atom stereocenters. The summed E-state index contributed by atoms with van der Waals surface area (Å²) in [4.78, 5) is 12.7. The van der Waals surface area contributed by atoms with Crippen molar-refractivity contribution in [3.05, 3.63) is 47.2 Å². The molecule has 3 aliphatic rings. The van der Waals surface area contributed by atoms with Crippen molar-refractivity contribution in [2.45, 2.75) is 64.6 Å². The van der Waals surface area contributed by atoms with Gasteiger partial charge in [0.25, 0.3) is 0 Å². The van der Waals surface area contributed by atoms with Gasteiger partial charge in [-0.1, -0.05) is 44.2 Å². The van der Waals surface area contributed by atoms with E-state index in [2.05, 4.69) is 43.4 Å². The van der Waals surface area contributed by atoms with Crippen molar-refractivity contribution in [2.24, 2.45) is 11.3 Å². The second kappa shape index (κ2) is 5.73. The lowest BCUT2D eigenvalue weighted by atomic mass is 9.68. The third-order valence-electron chi connectivity index (χ3n) is 5.77. The van der Waals surface area contributed by atoms with E-state index in [-0.39, 0.29) is 11.1 Å². The molecule has 0 amide bonds. The van der Waals surface area contributed by atoms with Crippen LogP contribution in [0.3, 0.4) is 0 Å². The number of carbonyl (C=O) groups is 1. The highest BCUT2D eigenvalue weighted by Crippen LogP contribution is 2.50. The Morgan fingerprint density at radius 3 is 2.79 bits per heavy atom. The fourth-order valence-corrected chi connectivity index (χ4v) is 4.69. The van der Waals surface area contributed by atoms with E-state index in [4.69, 9.17) is 4.74 Å². The fourth-order valence-electron chi connectivity index (χ4n) is 4.69. The Morgan fingerprint density at radius 2 is 2.00 bits per heavy atom. The molecular weight excluding hydrogens is 298 g/mol. The second-order valence-electron chi connectivity index (χ2n) is 8.51. The largest absolute Gasteiger partial charge is 0.477 e. The number of allylic oxidation sites excluding steroid dienone is 2. The Balaban J connectivity index is 1.58. The van der Waals surface area contributed by atoms with Crippen molar-refractivity contribution in [3.8, 4) is 0 Å². The quantitative estimate of drug-likeness (QED) is 0.898. The number of ether oxygens (including phenoxy) is 1. The van der Waals surface area contributed by atoms with E-state index in [1.165, 1.54) is 5.56 Å². The van der Waals surface area contributed by atoms with Crippen LogP contribution >= 0.6 is 0 Å². The monoisotopic (exact) mass is 325 g/mol. The van der Waals surface area contributed by atoms with Gasteiger partial charge in [-0.05, 0) is 29.7 Å². The van der Waals surface area contributed by atoms with Gasteiger partial charge in [-0.25, -0.2) is 0 Å². The lowest BCUT2D eigenvalue weighted by Crippen LogP contribution is -2.54. The lowest BCUT2D eigenvalue weighted by Gasteiger charge is -2.50. The Labute approximate surface area is 144 Å². The average Bonchev–Trinajstić information content (AvgIpc) is 2.52. The van der Waals surface area contributed by atoms with Crippen LogP contribution < -0.4 is 5.32 Å². The van der Waals surface area contributed by atoms with Gasteiger partial charge in [-0.2, -0.15) is 0 Å². The molecule has 128 valence electrons. The summed E-state index contributed by atoms with van der Waals surface area (Å²) in [5.74, 6) is 1.69. The molecule has 1 aliphatic heterocycles. The zero-order valence-electron chi connectivity index (χ0n) is 14.7. The van der Waals surface area contributed by atoms with Crippen LogP contribution in [0.15, 0.2) is 41.7 Å². The maximum Gasteiger partial charge on any atom is 0.163 e. The van der Waals surface area contributed by atoms with E-state index in [0.29, 0.717) is 18.1 Å². The molecule has 2 bridgehead atoms. The molecule has 1 aromatic rings. The highest BCUT2D eigenvalue weighted by atomic mass is 16.5. The molecule has 1 saturated carbocycles. The summed E-state index contributed by atoms with van der Waals surface area (Å²) in [5, 5.41) is 3.69. The van der Waals surface area contributed by atoms with E-state index < -0.39 is 0 Å². The van der Waals surface area contributed by atoms with Crippen molar-refractivity contribution in [2.75, 3.05) is 0 Å². The maximum atomic E-state index is 12.7. The molecular formula is C21H27NO2. The van der Waals surface area contributed by atoms with Crippen LogP contribution in [-0.2, 0) is 16.1 Å². The summed E-state index contributed by atoms with van der Waals surface area (Å²) >= 11 is 0. The van der Waals surface area contributed by atoms with Crippen molar-refractivity contribution in [3.63, 3.8) is 0 Å². The minimum absolute atomic E-state index is 0.0160. The zero-order valence-corrected chi connectivity index (χ0v) is 14.7. The highest BCUT2D eigenvalue weighted by Gasteiger charge is 2.49. The molecule has 0 radical (unpaired) electrons. The van der Waals surface area contributed by atoms with Gasteiger partial charge < -0.3 is 4.74 Å². The van der Waals surface area contributed by atoms with Crippen LogP contribution in [0.1, 0.15) is 57.9 Å². The van der Waals surface area contributed by atoms with E-state index in [1.54, 1.807) is 0 Å². The van der Waals surface area contributed by atoms with Gasteiger partial charge in [-0.15, -0.1) is 0 Å². The maximum absolute atomic E-state index is 12.7. The smallest absolute Gasteiger partial charge is 0.163 e. The average molecular weight is 325 g/mol. The number of fused-ring (bicyclic) bond motifs is 3. The number of Topliss-reactive ketones (excluding diaryl/α,β-unsaturated/α-hetero) is 1. The van der Waals surface area contributed by atoms with Gasteiger partial charge in [0.1, 0.15) is 5.76 Å². The molecule has 3 heteroatoms. The van der Waals surface area contributed by atoms with Crippen molar-refractivity contribution >= 4 is 5.78 Å². The Hall–Kier alpha value is -1.61. The molecule has 2 aliphatic carbocycles. The fraction of sp³-hybridized carbons (Fsp3) is 0.571. The van der Waals surface area contributed by atoms with E-state index in [9.17, 15) is 4.79 Å². The number of nitrogens with one attached hydrogen (secondary N) is 1. The van der Waals surface area contributed by atoms with Gasteiger partial charge in [0.15, 0.2) is 11.5 Å². The SMILES string of the molecule is CC1(C)CC(=O)C2=C(C1)O[C@]1(NCc3ccccc3)CCC[C@@H]2C1. The molecule has 0 aromatic heterocycles. The van der Waals surface area contributed by atoms with Crippen molar-refractivity contribution in [1.29, 1.82) is 0 Å². The molecule has 0 saturated heterocycles. The van der Waals surface area contributed by atoms with E-state index in [0.717, 1.165) is 50.0 Å². The van der Waals surface area contributed by atoms with Gasteiger partial charge in [-0.3, -0.25) is 10.1 Å². The standard InChI is InChI=1S/C21H27NO2/c1-20(2)12-17(23)19-16-9-6-10-21(11-16,24-18(19)13-20)22-14-15-7-4-3-5-8-15/h3-5,7-8,16,22H,6,9-14H2,1-2H3/t16-,21-/m1/s1. The van der Waals surface area contributed by atoms with Crippen LogP contribution in [-0.4, -0.2) is 11.5 Å². The van der Waals surface area contributed by atoms with Crippen LogP contribution in [0, 0.1) is 11.3 Å². The third kappa shape index (κ3) is 2.90. The molecule has 2 atom stereocenters. The van der Waals surface area contributed by atoms with Crippen LogP contribution in [0.4, 0.5) is 0 Å². The first kappa shape index (κ1) is 15.9. The first-order chi connectivity index (χ1) is 11.5. The summed E-state index contributed by atoms with van der Waals surface area (Å²) in [7, 11) is 0. The van der Waals surface area contributed by atoms with Crippen LogP contribution in [0.25, 0.3) is 0 Å². The summed E-state index contributed by atoms with van der Waals surface area (Å²) in [5.41, 5.74) is 2.02. The number of benzene rings is 1. The predicted octanol–water partition coefficient (Wildman–Crippen LogP) is 4.34. The molecule has 1 fully saturated rings. The summed E-state index contributed by atoms with van der Waals surface area (Å²) in [6.45, 7) is 5.16. The van der Waals surface area contributed by atoms with Crippen LogP contribution in [0.2, 0.25) is 0 Å². The van der Waals surface area contributed by atoms with Crippen LogP contribution in [0.5, 0.6) is 0 Å². The van der Waals surface area contributed by atoms with Crippen molar-refractivity contribution in [1.82, 2.24) is 5.32 Å². The zero-order chi connectivity index (χ0) is 16.8. The normalized spacial score (nSPS) is 31.4. The third-order valence-corrected chi connectivity index (χ3v) is 5.77. The van der Waals surface area contributed by atoms with E-state index >= 15 is 0 Å². The number of rotatable bonds is 3. The first-order valence-electron chi connectivity index (χ1n) is 9.21. The molecule has 1 N–H and O–H groups in total. The second-order valence-corrected chi connectivity index (χ2v) is 8.51. The van der Waals surface area contributed by atoms with Gasteiger partial charge in [0.05, 0.1) is 0 Å². The minimum atomic E-state index is -0.286.